The van der Waals surface area contributed by atoms with Gasteiger partial charge in [0, 0.05) is 12.6 Å². The van der Waals surface area contributed by atoms with Crippen molar-refractivity contribution in [3.8, 4) is 0 Å². The molecule has 1 atom stereocenters. The molecule has 58 valence electrons. The van der Waals surface area contributed by atoms with Crippen LogP contribution in [0.3, 0.4) is 0 Å². The van der Waals surface area contributed by atoms with Gasteiger partial charge in [-0.05, 0) is 19.8 Å². The molecule has 1 aliphatic rings. The lowest BCUT2D eigenvalue weighted by Crippen LogP contribution is -2.34. The Kier molecular flexibility index (Phi) is 2.55. The standard InChI is InChI=1S/C7H12ClNO/c1-6-3-2-4-9(6)7(10)5-8/h6H,2-5H2,1H3/t6-/m0/s1. The lowest BCUT2D eigenvalue weighted by molar-refractivity contribution is -0.128. The molecule has 1 aliphatic heterocycles. The molecule has 0 bridgehead atoms. The first-order chi connectivity index (χ1) is 4.75. The smallest absolute Gasteiger partial charge is 0.237 e. The van der Waals surface area contributed by atoms with Gasteiger partial charge in [0.25, 0.3) is 0 Å². The second-order valence-corrected chi connectivity index (χ2v) is 2.98. The van der Waals surface area contributed by atoms with E-state index < -0.39 is 0 Å². The molecule has 0 unspecified atom stereocenters. The van der Waals surface area contributed by atoms with Crippen molar-refractivity contribution in [2.75, 3.05) is 12.4 Å². The molecule has 2 nitrogen and oxygen atoms in total. The Bertz CT molecular complexity index is 138. The molecule has 0 aromatic heterocycles. The number of hydrogen-bond acceptors (Lipinski definition) is 1. The van der Waals surface area contributed by atoms with E-state index in [1.807, 2.05) is 4.90 Å². The number of amides is 1. The van der Waals surface area contributed by atoms with Crippen LogP contribution in [0.2, 0.25) is 0 Å². The van der Waals surface area contributed by atoms with Crippen LogP contribution in [0.25, 0.3) is 0 Å². The van der Waals surface area contributed by atoms with Crippen LogP contribution in [0.5, 0.6) is 0 Å². The van der Waals surface area contributed by atoms with E-state index in [1.54, 1.807) is 0 Å². The number of likely N-dealkylation sites (tertiary alicyclic amines) is 1. The van der Waals surface area contributed by atoms with Gasteiger partial charge in [-0.15, -0.1) is 11.6 Å². The SMILES string of the molecule is C[C@H]1CCCN1C(=O)CCl. The quantitative estimate of drug-likeness (QED) is 0.530. The summed E-state index contributed by atoms with van der Waals surface area (Å²) in [6.07, 6.45) is 2.26. The number of carbonyl (C=O) groups is 1. The van der Waals surface area contributed by atoms with Crippen molar-refractivity contribution < 1.29 is 4.79 Å². The van der Waals surface area contributed by atoms with Gasteiger partial charge in [0.1, 0.15) is 5.88 Å². The summed E-state index contributed by atoms with van der Waals surface area (Å²) in [4.78, 5) is 12.9. The lowest BCUT2D eigenvalue weighted by Gasteiger charge is -2.19. The van der Waals surface area contributed by atoms with Crippen molar-refractivity contribution in [2.24, 2.45) is 0 Å². The molecule has 0 N–H and O–H groups in total. The number of nitrogens with zero attached hydrogens (tertiary/aromatic N) is 1. The predicted molar refractivity (Wildman–Crippen MR) is 41.1 cm³/mol. The normalized spacial score (nSPS) is 25.4. The van der Waals surface area contributed by atoms with Gasteiger partial charge >= 0.3 is 0 Å². The topological polar surface area (TPSA) is 20.3 Å². The van der Waals surface area contributed by atoms with E-state index in [0.29, 0.717) is 6.04 Å². The van der Waals surface area contributed by atoms with E-state index in [0.717, 1.165) is 19.4 Å². The highest BCUT2D eigenvalue weighted by molar-refractivity contribution is 6.27. The van der Waals surface area contributed by atoms with E-state index in [9.17, 15) is 4.79 Å². The molecule has 0 spiro atoms. The zero-order chi connectivity index (χ0) is 7.56. The second-order valence-electron chi connectivity index (χ2n) is 2.71. The Balaban J connectivity index is 2.46. The third kappa shape index (κ3) is 1.43. The van der Waals surface area contributed by atoms with Crippen LogP contribution in [0.1, 0.15) is 19.8 Å². The maximum Gasteiger partial charge on any atom is 0.237 e. The van der Waals surface area contributed by atoms with E-state index in [2.05, 4.69) is 6.92 Å². The van der Waals surface area contributed by atoms with Crippen molar-refractivity contribution in [1.29, 1.82) is 0 Å². The van der Waals surface area contributed by atoms with Gasteiger partial charge in [-0.25, -0.2) is 0 Å². The molecule has 1 fully saturated rings. The molecule has 0 aromatic rings. The van der Waals surface area contributed by atoms with Gasteiger partial charge in [-0.3, -0.25) is 4.79 Å². The molecular formula is C7H12ClNO. The highest BCUT2D eigenvalue weighted by atomic mass is 35.5. The summed E-state index contributed by atoms with van der Waals surface area (Å²) in [5, 5.41) is 0. The van der Waals surface area contributed by atoms with Crippen LogP contribution in [-0.2, 0) is 4.79 Å². The molecule has 10 heavy (non-hydrogen) atoms. The summed E-state index contributed by atoms with van der Waals surface area (Å²) in [6, 6.07) is 0.409. The highest BCUT2D eigenvalue weighted by Gasteiger charge is 2.23. The lowest BCUT2D eigenvalue weighted by atomic mass is 10.2. The third-order valence-electron chi connectivity index (χ3n) is 1.99. The molecule has 0 aliphatic carbocycles. The highest BCUT2D eigenvalue weighted by Crippen LogP contribution is 2.16. The van der Waals surface area contributed by atoms with Gasteiger partial charge in [-0.1, -0.05) is 0 Å². The van der Waals surface area contributed by atoms with Gasteiger partial charge in [0.05, 0.1) is 0 Å². The van der Waals surface area contributed by atoms with Crippen LogP contribution in [0.15, 0.2) is 0 Å². The first-order valence-corrected chi connectivity index (χ1v) is 4.14. The first kappa shape index (κ1) is 7.86. The fourth-order valence-electron chi connectivity index (χ4n) is 1.38. The summed E-state index contributed by atoms with van der Waals surface area (Å²) in [6.45, 7) is 2.96. The summed E-state index contributed by atoms with van der Waals surface area (Å²) >= 11 is 5.41. The first-order valence-electron chi connectivity index (χ1n) is 3.61. The largest absolute Gasteiger partial charge is 0.339 e. The van der Waals surface area contributed by atoms with Crippen molar-refractivity contribution in [3.63, 3.8) is 0 Å². The molecule has 3 heteroatoms. The Morgan fingerprint density at radius 2 is 2.50 bits per heavy atom. The van der Waals surface area contributed by atoms with E-state index >= 15 is 0 Å². The molecule has 0 saturated carbocycles. The fourth-order valence-corrected chi connectivity index (χ4v) is 1.53. The minimum absolute atomic E-state index is 0.0756. The van der Waals surface area contributed by atoms with Crippen LogP contribution in [-0.4, -0.2) is 29.3 Å². The Hall–Kier alpha value is -0.240. The maximum atomic E-state index is 11.0. The van der Waals surface area contributed by atoms with Gasteiger partial charge < -0.3 is 4.90 Å². The Morgan fingerprint density at radius 1 is 1.80 bits per heavy atom. The van der Waals surface area contributed by atoms with Gasteiger partial charge in [0.2, 0.25) is 5.91 Å². The number of hydrogen-bond donors (Lipinski definition) is 0. The molecule has 1 rings (SSSR count). The summed E-state index contributed by atoms with van der Waals surface area (Å²) in [5.41, 5.74) is 0. The number of halogens is 1. The van der Waals surface area contributed by atoms with Crippen molar-refractivity contribution in [1.82, 2.24) is 4.90 Å². The monoisotopic (exact) mass is 161 g/mol. The molecule has 0 radical (unpaired) electrons. The Morgan fingerprint density at radius 3 is 2.90 bits per heavy atom. The van der Waals surface area contributed by atoms with Crippen molar-refractivity contribution in [3.05, 3.63) is 0 Å². The average molecular weight is 162 g/mol. The number of alkyl halides is 1. The maximum absolute atomic E-state index is 11.0. The predicted octanol–water partition coefficient (Wildman–Crippen LogP) is 1.24. The molecule has 1 amide bonds. The van der Waals surface area contributed by atoms with E-state index in [1.165, 1.54) is 0 Å². The third-order valence-corrected chi connectivity index (χ3v) is 2.22. The van der Waals surface area contributed by atoms with E-state index in [4.69, 9.17) is 11.6 Å². The summed E-state index contributed by atoms with van der Waals surface area (Å²) < 4.78 is 0. The molecule has 0 aromatic carbocycles. The van der Waals surface area contributed by atoms with Crippen LogP contribution in [0, 0.1) is 0 Å². The van der Waals surface area contributed by atoms with Crippen molar-refractivity contribution >= 4 is 17.5 Å². The minimum atomic E-state index is 0.0756. The second kappa shape index (κ2) is 3.24. The Labute approximate surface area is 66.1 Å². The van der Waals surface area contributed by atoms with Crippen LogP contribution < -0.4 is 0 Å². The van der Waals surface area contributed by atoms with Crippen LogP contribution in [0.4, 0.5) is 0 Å². The summed E-state index contributed by atoms with van der Waals surface area (Å²) in [7, 11) is 0. The van der Waals surface area contributed by atoms with Gasteiger partial charge in [0.15, 0.2) is 0 Å². The summed E-state index contributed by atoms with van der Waals surface area (Å²) in [5.74, 6) is 0.205. The average Bonchev–Trinajstić information content (AvgIpc) is 2.34. The molecular weight excluding hydrogens is 150 g/mol. The zero-order valence-corrected chi connectivity index (χ0v) is 6.90. The molecule has 1 heterocycles. The number of carbonyl (C=O) groups excluding carboxylic acids is 1. The molecule has 1 saturated heterocycles. The van der Waals surface area contributed by atoms with Crippen LogP contribution >= 0.6 is 11.6 Å². The number of rotatable bonds is 1. The van der Waals surface area contributed by atoms with E-state index in [-0.39, 0.29) is 11.8 Å². The van der Waals surface area contributed by atoms with Crippen molar-refractivity contribution in [2.45, 2.75) is 25.8 Å². The minimum Gasteiger partial charge on any atom is -0.339 e. The van der Waals surface area contributed by atoms with Gasteiger partial charge in [-0.2, -0.15) is 0 Å². The fraction of sp³-hybridized carbons (Fsp3) is 0.857. The zero-order valence-electron chi connectivity index (χ0n) is 6.14.